The molecular formula is C95H94F9N15O12. The second-order valence-corrected chi connectivity index (χ2v) is 31.0. The Kier molecular flexibility index (Phi) is 32.9. The number of carbonyl (C=O) groups excluding carboxylic acids is 12. The monoisotopic (exact) mass is 1810 g/mol. The third-order valence-electron chi connectivity index (χ3n) is 22.3. The number of amides is 13. The summed E-state index contributed by atoms with van der Waals surface area (Å²) in [5.41, 5.74) is -2.61. The molecule has 0 saturated carbocycles. The molecule has 7 aromatic rings. The predicted molar refractivity (Wildman–Crippen MR) is 465 cm³/mol. The zero-order valence-electron chi connectivity index (χ0n) is 72.3. The van der Waals surface area contributed by atoms with Crippen molar-refractivity contribution in [2.75, 3.05) is 67.1 Å². The molecule has 0 bridgehead atoms. The average Bonchev–Trinajstić information content (AvgIpc) is 0.754. The summed E-state index contributed by atoms with van der Waals surface area (Å²) in [5, 5.41) is 35.7. The lowest BCUT2D eigenvalue weighted by Crippen LogP contribution is -2.56. The fraction of sp³-hybridized carbons (Fsp3) is 0.337. The van der Waals surface area contributed by atoms with Gasteiger partial charge in [-0.1, -0.05) is 87.5 Å². The lowest BCUT2D eigenvalue weighted by Gasteiger charge is -2.43. The van der Waals surface area contributed by atoms with Crippen LogP contribution >= 0.6 is 0 Å². The first-order chi connectivity index (χ1) is 62.4. The number of alkyl halides is 9. The summed E-state index contributed by atoms with van der Waals surface area (Å²) in [7, 11) is 0. The van der Waals surface area contributed by atoms with Crippen LogP contribution in [0, 0.1) is 29.2 Å². The van der Waals surface area contributed by atoms with Crippen LogP contribution in [0.25, 0.3) is 4.85 Å². The van der Waals surface area contributed by atoms with E-state index >= 15 is 0 Å². The van der Waals surface area contributed by atoms with E-state index < -0.39 is 137 Å². The van der Waals surface area contributed by atoms with Gasteiger partial charge in [0.25, 0.3) is 17.7 Å². The maximum Gasteiger partial charge on any atom is 0.416 e. The van der Waals surface area contributed by atoms with Crippen LogP contribution in [0.15, 0.2) is 198 Å². The van der Waals surface area contributed by atoms with Gasteiger partial charge in [-0.15, -0.1) is 0 Å². The Labute approximate surface area is 749 Å². The summed E-state index contributed by atoms with van der Waals surface area (Å²) in [4.78, 5) is 179. The van der Waals surface area contributed by atoms with Gasteiger partial charge in [-0.25, -0.2) is 28.9 Å². The van der Waals surface area contributed by atoms with Gasteiger partial charge in [0, 0.05) is 109 Å². The smallest absolute Gasteiger partial charge is 0.355 e. The van der Waals surface area contributed by atoms with E-state index in [4.69, 9.17) is 6.57 Å². The number of halogens is 9. The molecule has 7 aromatic carbocycles. The Morgan fingerprint density at radius 2 is 0.672 bits per heavy atom. The highest BCUT2D eigenvalue weighted by Crippen LogP contribution is 2.47. The zero-order valence-corrected chi connectivity index (χ0v) is 72.3. The molecule has 3 aliphatic rings. The number of rotatable bonds is 37. The molecule has 0 saturated heterocycles. The molecule has 0 fully saturated rings. The second-order valence-electron chi connectivity index (χ2n) is 31.0. The molecule has 6 N–H and O–H groups in total. The van der Waals surface area contributed by atoms with Gasteiger partial charge in [0.1, 0.15) is 13.1 Å². The highest BCUT2D eigenvalue weighted by atomic mass is 19.4. The number of hydrogen-bond acceptors (Lipinski definition) is 14. The van der Waals surface area contributed by atoms with Crippen LogP contribution in [0.5, 0.6) is 0 Å². The summed E-state index contributed by atoms with van der Waals surface area (Å²) >= 11 is 0. The van der Waals surface area contributed by atoms with E-state index in [2.05, 4.69) is 36.7 Å². The second kappa shape index (κ2) is 43.8. The fourth-order valence-corrected chi connectivity index (χ4v) is 15.6. The van der Waals surface area contributed by atoms with Gasteiger partial charge in [-0.05, 0) is 192 Å². The molecule has 0 radical (unpaired) electrons. The number of hydrogen-bond donors (Lipinski definition) is 6. The Balaban J connectivity index is 0.786. The van der Waals surface area contributed by atoms with E-state index in [1.807, 2.05) is 12.1 Å². The number of anilines is 3. The molecule has 684 valence electrons. The highest BCUT2D eigenvalue weighted by Gasteiger charge is 2.49. The van der Waals surface area contributed by atoms with Crippen LogP contribution < -0.4 is 46.6 Å². The topological polar surface area (TPSA) is 348 Å². The van der Waals surface area contributed by atoms with Crippen LogP contribution in [0.3, 0.4) is 0 Å². The van der Waals surface area contributed by atoms with Gasteiger partial charge in [0.05, 0.1) is 81.7 Å². The van der Waals surface area contributed by atoms with Gasteiger partial charge in [-0.3, -0.25) is 53.1 Å². The van der Waals surface area contributed by atoms with Crippen molar-refractivity contribution in [2.24, 2.45) is 0 Å². The van der Waals surface area contributed by atoms with Crippen LogP contribution in [0.1, 0.15) is 212 Å². The number of urea groups is 4. The number of nitriles is 2. The number of nitrogens with zero attached hydrogens (tertiary/aromatic N) is 9. The maximum absolute atomic E-state index is 14.7. The maximum atomic E-state index is 14.7. The Morgan fingerprint density at radius 1 is 0.382 bits per heavy atom. The zero-order chi connectivity index (χ0) is 95.3. The number of ketones is 3. The largest absolute Gasteiger partial charge is 0.416 e. The third-order valence-corrected chi connectivity index (χ3v) is 22.3. The number of nitrogens with one attached hydrogen (secondary N) is 6. The first kappa shape index (κ1) is 98.4. The van der Waals surface area contributed by atoms with Crippen LogP contribution in [-0.4, -0.2) is 138 Å². The molecule has 3 unspecified atom stereocenters. The van der Waals surface area contributed by atoms with Crippen molar-refractivity contribution in [2.45, 2.75) is 155 Å². The Morgan fingerprint density at radius 3 is 0.977 bits per heavy atom. The molecule has 131 heavy (non-hydrogen) atoms. The average molecular weight is 1810 g/mol. The minimum absolute atomic E-state index is 0.00101. The molecule has 0 aliphatic carbocycles. The van der Waals surface area contributed by atoms with Crippen molar-refractivity contribution >= 4 is 93.8 Å². The summed E-state index contributed by atoms with van der Waals surface area (Å²) in [6.07, 6.45) is -11.9. The molecule has 3 aliphatic heterocycles. The van der Waals surface area contributed by atoms with Crippen molar-refractivity contribution in [3.8, 4) is 12.1 Å². The van der Waals surface area contributed by atoms with E-state index in [0.29, 0.717) is 56.1 Å². The van der Waals surface area contributed by atoms with Gasteiger partial charge in [0.15, 0.2) is 23.0 Å². The van der Waals surface area contributed by atoms with Crippen LogP contribution in [0.2, 0.25) is 0 Å². The van der Waals surface area contributed by atoms with Crippen molar-refractivity contribution in [1.82, 2.24) is 46.6 Å². The lowest BCUT2D eigenvalue weighted by molar-refractivity contribution is -0.138. The predicted octanol–water partition coefficient (Wildman–Crippen LogP) is 17.5. The van der Waals surface area contributed by atoms with Gasteiger partial charge >= 0.3 is 42.7 Å². The van der Waals surface area contributed by atoms with Crippen molar-refractivity contribution in [3.63, 3.8) is 0 Å². The molecule has 3 atom stereocenters. The molecule has 0 spiro atoms. The fourth-order valence-electron chi connectivity index (χ4n) is 15.6. The number of imide groups is 1. The molecule has 36 heteroatoms. The number of carbonyl (C=O) groups is 12. The quantitative estimate of drug-likeness (QED) is 0.0120. The summed E-state index contributed by atoms with van der Waals surface area (Å²) in [6.45, 7) is 15.1. The van der Waals surface area contributed by atoms with E-state index in [1.165, 1.54) is 137 Å². The number of allylic oxidation sites excluding steroid dienone is 3. The Hall–Kier alpha value is -14.8. The SMILES string of the molecule is [C-]#[N+]c1ccc(C2C(C(=O)CC)=C(C)N(c3cccc(C(F)(F)F)c3)C(=O)N2CC(=O)NCCCCCNC(=O)c2cc(C(=O)NCCCCCNC(=O)CN3C(=O)N(c4cccc(C(F)(F)F)c4)C(C)=C(C(=O)CC)C3c3ccc(C#N)cc3)cc(C(=O)NCCCCCNC(=O)N3C(=O)N(c4cccc(C(F)(F)F)c4)C(C)=C(C(=O)CC)C3c3ccc(C#N)cc3)c2)cc1. The lowest BCUT2D eigenvalue weighted by atomic mass is 9.88. The number of unbranched alkanes of at least 4 members (excludes halogenated alkanes) is 6. The number of Topliss-reactive ketones (excluding diaryl/α,β-unsaturated/α-hetero) is 3. The normalized spacial score (nSPS) is 15.5. The molecular weight excluding hydrogens is 1710 g/mol. The number of benzene rings is 7. The summed E-state index contributed by atoms with van der Waals surface area (Å²) in [5.74, 6) is -4.98. The van der Waals surface area contributed by atoms with E-state index in [1.54, 1.807) is 13.8 Å². The molecule has 0 aromatic heterocycles. The van der Waals surface area contributed by atoms with Crippen LogP contribution in [0.4, 0.5) is 81.4 Å². The van der Waals surface area contributed by atoms with E-state index in [-0.39, 0.29) is 161 Å². The third kappa shape index (κ3) is 23.8. The van der Waals surface area contributed by atoms with E-state index in [9.17, 15) is 108 Å². The summed E-state index contributed by atoms with van der Waals surface area (Å²) < 4.78 is 127. The minimum Gasteiger partial charge on any atom is -0.355 e. The van der Waals surface area contributed by atoms with Crippen LogP contribution in [-0.2, 0) is 42.5 Å². The van der Waals surface area contributed by atoms with E-state index in [0.717, 1.165) is 84.0 Å². The van der Waals surface area contributed by atoms with Crippen molar-refractivity contribution < 1.29 is 97.0 Å². The van der Waals surface area contributed by atoms with Gasteiger partial charge in [-0.2, -0.15) is 50.0 Å². The summed E-state index contributed by atoms with van der Waals surface area (Å²) in [6, 6.07) is 29.5. The first-order valence-electron chi connectivity index (χ1n) is 42.3. The van der Waals surface area contributed by atoms with Crippen molar-refractivity contribution in [3.05, 3.63) is 270 Å². The molecule has 27 nitrogen and oxygen atoms in total. The minimum atomic E-state index is -4.83. The highest BCUT2D eigenvalue weighted by molar-refractivity contribution is 6.12. The van der Waals surface area contributed by atoms with Crippen molar-refractivity contribution in [1.29, 1.82) is 10.5 Å². The molecule has 13 amide bonds. The van der Waals surface area contributed by atoms with Gasteiger partial charge in [0.2, 0.25) is 11.8 Å². The standard InChI is InChI=1S/C95H94F9N15O12/c1-8-75(120)80-57(4)116(72-26-20-23-68(50-72)93(96,97)98)90(129)114(83(80)62-33-29-60(53-105)30-34-62)55-78(123)108-41-14-11-16-43-110-86(125)65-47-66(87(126)111-44-17-12-15-42-109-79(124)56-115-84(63-37-39-71(107-7)40-38-63)81(76(121)9-2)58(5)117(91(115)130)73-27-21-24-69(51-73)94(99,100)101)49-67(48-65)88(127)112-45-18-13-19-46-113-89(128)119-85(64-35-31-61(54-106)32-36-64)82(77(122)10-3)59(6)118(92(119)131)74-28-22-25-70(52-74)95(102,103)104/h20-40,47-52,83-85H,8-19,41-46,55-56H2,1-6H3,(H,108,123)(H,109,124)(H,110,125)(H,111,126)(H,112,127)(H,113,128). The van der Waals surface area contributed by atoms with Gasteiger partial charge < -0.3 is 41.7 Å². The molecule has 10 rings (SSSR count). The Bertz CT molecular complexity index is 5540. The molecule has 3 heterocycles. The first-order valence-corrected chi connectivity index (χ1v) is 42.3.